The average Bonchev–Trinajstić information content (AvgIpc) is 3.50. The summed E-state index contributed by atoms with van der Waals surface area (Å²) in [4.78, 5) is 14.4. The van der Waals surface area contributed by atoms with Crippen molar-refractivity contribution in [1.29, 1.82) is 0 Å². The minimum Gasteiger partial charge on any atom is -0.378 e. The molecule has 9 heteroatoms. The third-order valence-corrected chi connectivity index (χ3v) is 5.31. The summed E-state index contributed by atoms with van der Waals surface area (Å²) in [5.41, 5.74) is 9.98. The van der Waals surface area contributed by atoms with E-state index >= 15 is 0 Å². The number of nitrogens with two attached hydrogens (primary N) is 1. The molecule has 0 radical (unpaired) electrons. The minimum atomic E-state index is 0.0117. The van der Waals surface area contributed by atoms with Crippen molar-refractivity contribution >= 4 is 16.8 Å². The summed E-state index contributed by atoms with van der Waals surface area (Å²) in [5, 5.41) is 16.9. The van der Waals surface area contributed by atoms with Crippen LogP contribution in [-0.2, 0) is 4.74 Å². The standard InChI is InChI=1S/C23H21N7O2/c24-9-1-2-16-3-8-19-20(14-16)25-27-22(19)21-15-30(28-26-21)18-6-4-17(5-7-18)23(31)29-10-12-32-13-11-29/h3-8,14-15H,9-13,24H2,(H,25,27). The van der Waals surface area contributed by atoms with Gasteiger partial charge in [0.25, 0.3) is 5.91 Å². The highest BCUT2D eigenvalue weighted by atomic mass is 16.5. The molecule has 1 amide bonds. The summed E-state index contributed by atoms with van der Waals surface area (Å²) in [6.45, 7) is 2.71. The molecule has 2 aromatic heterocycles. The number of aromatic nitrogens is 5. The second-order valence-electron chi connectivity index (χ2n) is 7.34. The lowest BCUT2D eigenvalue weighted by Crippen LogP contribution is -2.40. The Morgan fingerprint density at radius 2 is 1.97 bits per heavy atom. The highest BCUT2D eigenvalue weighted by Gasteiger charge is 2.18. The Balaban J connectivity index is 1.37. The zero-order valence-electron chi connectivity index (χ0n) is 17.3. The molecule has 0 bridgehead atoms. The second-order valence-corrected chi connectivity index (χ2v) is 7.34. The van der Waals surface area contributed by atoms with Crippen molar-refractivity contribution in [2.75, 3.05) is 32.8 Å². The van der Waals surface area contributed by atoms with Crippen LogP contribution in [0.4, 0.5) is 0 Å². The quantitative estimate of drug-likeness (QED) is 0.480. The van der Waals surface area contributed by atoms with E-state index in [0.29, 0.717) is 49.8 Å². The number of fused-ring (bicyclic) bond motifs is 1. The van der Waals surface area contributed by atoms with Crippen LogP contribution < -0.4 is 5.73 Å². The van der Waals surface area contributed by atoms with Gasteiger partial charge in [-0.05, 0) is 42.5 Å². The summed E-state index contributed by atoms with van der Waals surface area (Å²) in [5.74, 6) is 5.88. The number of morpholine rings is 1. The molecule has 0 aliphatic carbocycles. The third-order valence-electron chi connectivity index (χ3n) is 5.31. The lowest BCUT2D eigenvalue weighted by Gasteiger charge is -2.26. The SMILES string of the molecule is NCC#Cc1ccc2c(-c3cn(-c4ccc(C(=O)N5CCOCC5)cc4)nn3)n[nH]c2c1. The van der Waals surface area contributed by atoms with Gasteiger partial charge in [0.2, 0.25) is 0 Å². The number of nitrogens with zero attached hydrogens (tertiary/aromatic N) is 5. The molecule has 32 heavy (non-hydrogen) atoms. The van der Waals surface area contributed by atoms with Crippen LogP contribution in [0.3, 0.4) is 0 Å². The molecular formula is C23H21N7O2. The van der Waals surface area contributed by atoms with Crippen molar-refractivity contribution in [3.63, 3.8) is 0 Å². The van der Waals surface area contributed by atoms with Crippen molar-refractivity contribution in [3.05, 3.63) is 59.8 Å². The zero-order chi connectivity index (χ0) is 21.9. The van der Waals surface area contributed by atoms with E-state index in [0.717, 1.165) is 22.2 Å². The van der Waals surface area contributed by atoms with Crippen LogP contribution in [-0.4, -0.2) is 68.8 Å². The molecule has 3 N–H and O–H groups in total. The van der Waals surface area contributed by atoms with Crippen LogP contribution in [0.15, 0.2) is 48.7 Å². The normalized spacial score (nSPS) is 13.7. The molecule has 3 heterocycles. The maximum Gasteiger partial charge on any atom is 0.254 e. The Labute approximate surface area is 184 Å². The van der Waals surface area contributed by atoms with Crippen LogP contribution in [0.25, 0.3) is 28.0 Å². The first-order valence-corrected chi connectivity index (χ1v) is 10.3. The molecule has 0 atom stereocenters. The first-order valence-electron chi connectivity index (χ1n) is 10.3. The summed E-state index contributed by atoms with van der Waals surface area (Å²) < 4.78 is 6.98. The molecule has 2 aromatic carbocycles. The molecule has 9 nitrogen and oxygen atoms in total. The molecule has 160 valence electrons. The van der Waals surface area contributed by atoms with Gasteiger partial charge < -0.3 is 15.4 Å². The van der Waals surface area contributed by atoms with Crippen LogP contribution in [0.5, 0.6) is 0 Å². The van der Waals surface area contributed by atoms with Gasteiger partial charge in [-0.25, -0.2) is 4.68 Å². The van der Waals surface area contributed by atoms with Gasteiger partial charge >= 0.3 is 0 Å². The van der Waals surface area contributed by atoms with E-state index in [4.69, 9.17) is 10.5 Å². The van der Waals surface area contributed by atoms with Crippen molar-refractivity contribution in [2.24, 2.45) is 5.73 Å². The predicted octanol–water partition coefficient (Wildman–Crippen LogP) is 1.59. The van der Waals surface area contributed by atoms with Gasteiger partial charge in [0.1, 0.15) is 11.4 Å². The highest BCUT2D eigenvalue weighted by molar-refractivity contribution is 5.94. The third kappa shape index (κ3) is 3.85. The van der Waals surface area contributed by atoms with Crippen molar-refractivity contribution < 1.29 is 9.53 Å². The van der Waals surface area contributed by atoms with Gasteiger partial charge in [-0.3, -0.25) is 9.89 Å². The lowest BCUT2D eigenvalue weighted by molar-refractivity contribution is 0.0303. The van der Waals surface area contributed by atoms with Crippen LogP contribution in [0.2, 0.25) is 0 Å². The van der Waals surface area contributed by atoms with Crippen LogP contribution >= 0.6 is 0 Å². The van der Waals surface area contributed by atoms with Gasteiger partial charge in [-0.2, -0.15) is 5.10 Å². The van der Waals surface area contributed by atoms with Crippen LogP contribution in [0.1, 0.15) is 15.9 Å². The topological polar surface area (TPSA) is 115 Å². The maximum absolute atomic E-state index is 12.6. The molecule has 0 saturated carbocycles. The smallest absolute Gasteiger partial charge is 0.254 e. The highest BCUT2D eigenvalue weighted by Crippen LogP contribution is 2.25. The molecule has 0 spiro atoms. The van der Waals surface area contributed by atoms with E-state index < -0.39 is 0 Å². The number of amides is 1. The molecule has 5 rings (SSSR count). The Morgan fingerprint density at radius 3 is 2.75 bits per heavy atom. The summed E-state index contributed by atoms with van der Waals surface area (Å²) in [6, 6.07) is 13.2. The van der Waals surface area contributed by atoms with Gasteiger partial charge in [0, 0.05) is 29.6 Å². The van der Waals surface area contributed by atoms with Crippen molar-refractivity contribution in [3.8, 4) is 28.9 Å². The van der Waals surface area contributed by atoms with Crippen molar-refractivity contribution in [2.45, 2.75) is 0 Å². The predicted molar refractivity (Wildman–Crippen MR) is 119 cm³/mol. The molecule has 4 aromatic rings. The minimum absolute atomic E-state index is 0.0117. The number of carbonyl (C=O) groups excluding carboxylic acids is 1. The fraction of sp³-hybridized carbons (Fsp3) is 0.217. The first-order chi connectivity index (χ1) is 15.7. The Hall–Kier alpha value is -4.00. The fourth-order valence-corrected chi connectivity index (χ4v) is 3.65. The van der Waals surface area contributed by atoms with Gasteiger partial charge in [0.15, 0.2) is 0 Å². The van der Waals surface area contributed by atoms with Gasteiger partial charge in [-0.15, -0.1) is 5.10 Å². The lowest BCUT2D eigenvalue weighted by atomic mass is 10.1. The Morgan fingerprint density at radius 1 is 1.16 bits per heavy atom. The van der Waals surface area contributed by atoms with E-state index in [9.17, 15) is 4.79 Å². The summed E-state index contributed by atoms with van der Waals surface area (Å²) >= 11 is 0. The molecule has 1 aliphatic heterocycles. The van der Waals surface area contributed by atoms with Crippen molar-refractivity contribution in [1.82, 2.24) is 30.1 Å². The summed E-state index contributed by atoms with van der Waals surface area (Å²) in [7, 11) is 0. The van der Waals surface area contributed by atoms with E-state index in [1.807, 2.05) is 53.6 Å². The van der Waals surface area contributed by atoms with E-state index in [1.54, 1.807) is 4.68 Å². The summed E-state index contributed by atoms with van der Waals surface area (Å²) in [6.07, 6.45) is 1.82. The number of nitrogens with one attached hydrogen (secondary N) is 1. The largest absolute Gasteiger partial charge is 0.378 e. The molecular weight excluding hydrogens is 406 g/mol. The average molecular weight is 427 g/mol. The van der Waals surface area contributed by atoms with E-state index in [-0.39, 0.29) is 5.91 Å². The number of aromatic amines is 1. The Kier molecular flexibility index (Phi) is 5.37. The molecule has 1 aliphatic rings. The maximum atomic E-state index is 12.6. The second kappa shape index (κ2) is 8.63. The number of carbonyl (C=O) groups is 1. The van der Waals surface area contributed by atoms with E-state index in [1.165, 1.54) is 0 Å². The number of hydrogen-bond acceptors (Lipinski definition) is 6. The molecule has 1 saturated heterocycles. The first kappa shape index (κ1) is 19.9. The number of hydrogen-bond donors (Lipinski definition) is 2. The monoisotopic (exact) mass is 427 g/mol. The molecule has 1 fully saturated rings. The van der Waals surface area contributed by atoms with E-state index in [2.05, 4.69) is 32.4 Å². The molecule has 0 unspecified atom stereocenters. The zero-order valence-corrected chi connectivity index (χ0v) is 17.3. The fourth-order valence-electron chi connectivity index (χ4n) is 3.65. The number of rotatable bonds is 3. The number of ether oxygens (including phenoxy) is 1. The van der Waals surface area contributed by atoms with Gasteiger partial charge in [-0.1, -0.05) is 17.1 Å². The number of H-pyrrole nitrogens is 1. The number of benzene rings is 2. The van der Waals surface area contributed by atoms with Gasteiger partial charge in [0.05, 0.1) is 37.2 Å². The Bertz CT molecular complexity index is 1320. The van der Waals surface area contributed by atoms with Crippen LogP contribution in [0, 0.1) is 11.8 Å².